The van der Waals surface area contributed by atoms with Gasteiger partial charge in [0, 0.05) is 25.9 Å². The second-order valence-corrected chi connectivity index (χ2v) is 4.52. The van der Waals surface area contributed by atoms with Crippen molar-refractivity contribution in [3.05, 3.63) is 0 Å². The lowest BCUT2D eigenvalue weighted by atomic mass is 9.95. The minimum Gasteiger partial charge on any atom is -0.382 e. The molecule has 1 N–H and O–H groups in total. The van der Waals surface area contributed by atoms with Gasteiger partial charge in [-0.15, -0.1) is 0 Å². The highest BCUT2D eigenvalue weighted by molar-refractivity contribution is 4.79. The molecule has 0 aromatic carbocycles. The third-order valence-corrected chi connectivity index (χ3v) is 3.20. The molecule has 0 aromatic rings. The minimum atomic E-state index is 0.628. The van der Waals surface area contributed by atoms with Crippen LogP contribution in [0.1, 0.15) is 39.5 Å². The summed E-state index contributed by atoms with van der Waals surface area (Å²) in [7, 11) is 0. The van der Waals surface area contributed by atoms with E-state index in [1.54, 1.807) is 0 Å². The van der Waals surface area contributed by atoms with E-state index in [-0.39, 0.29) is 0 Å². The maximum Gasteiger partial charge on any atom is 0.0510 e. The largest absolute Gasteiger partial charge is 0.382 e. The molecule has 0 aromatic heterocycles. The van der Waals surface area contributed by atoms with Crippen molar-refractivity contribution in [2.45, 2.75) is 45.6 Å². The standard InChI is InChI=1S/C13H27NO2/c1-3-8-14-13(6-5-9-15-4-2)12-7-10-16-11-12/h12-14H,3-11H2,1-2H3. The fourth-order valence-corrected chi connectivity index (χ4v) is 2.25. The van der Waals surface area contributed by atoms with Crippen molar-refractivity contribution >= 4 is 0 Å². The first-order valence-electron chi connectivity index (χ1n) is 6.77. The van der Waals surface area contributed by atoms with Crippen LogP contribution in [-0.4, -0.2) is 39.0 Å². The van der Waals surface area contributed by atoms with E-state index in [2.05, 4.69) is 19.2 Å². The molecule has 1 saturated heterocycles. The van der Waals surface area contributed by atoms with Crippen molar-refractivity contribution in [1.29, 1.82) is 0 Å². The molecule has 2 atom stereocenters. The molecule has 0 radical (unpaired) electrons. The van der Waals surface area contributed by atoms with Crippen LogP contribution in [0.25, 0.3) is 0 Å². The summed E-state index contributed by atoms with van der Waals surface area (Å²) in [6, 6.07) is 0.628. The average Bonchev–Trinajstić information content (AvgIpc) is 2.82. The number of hydrogen-bond acceptors (Lipinski definition) is 3. The van der Waals surface area contributed by atoms with Crippen LogP contribution >= 0.6 is 0 Å². The van der Waals surface area contributed by atoms with Crippen molar-refractivity contribution in [2.75, 3.05) is 33.0 Å². The third kappa shape index (κ3) is 5.28. The van der Waals surface area contributed by atoms with E-state index in [1.165, 1.54) is 19.3 Å². The quantitative estimate of drug-likeness (QED) is 0.615. The van der Waals surface area contributed by atoms with Gasteiger partial charge < -0.3 is 14.8 Å². The lowest BCUT2D eigenvalue weighted by Gasteiger charge is -2.23. The molecular weight excluding hydrogens is 202 g/mol. The van der Waals surface area contributed by atoms with Crippen LogP contribution in [0.2, 0.25) is 0 Å². The maximum absolute atomic E-state index is 5.47. The summed E-state index contributed by atoms with van der Waals surface area (Å²) in [5.41, 5.74) is 0. The molecule has 1 aliphatic heterocycles. The molecule has 3 heteroatoms. The van der Waals surface area contributed by atoms with Gasteiger partial charge in [0.05, 0.1) is 6.61 Å². The molecule has 0 spiro atoms. The Labute approximate surface area is 99.9 Å². The van der Waals surface area contributed by atoms with Gasteiger partial charge in [-0.3, -0.25) is 0 Å². The zero-order chi connectivity index (χ0) is 11.6. The van der Waals surface area contributed by atoms with Gasteiger partial charge in [0.25, 0.3) is 0 Å². The fraction of sp³-hybridized carbons (Fsp3) is 1.00. The minimum absolute atomic E-state index is 0.628. The number of rotatable bonds is 9. The Hall–Kier alpha value is -0.120. The van der Waals surface area contributed by atoms with E-state index in [0.29, 0.717) is 12.0 Å². The Bertz CT molecular complexity index is 158. The normalized spacial score (nSPS) is 22.5. The molecule has 0 amide bonds. The van der Waals surface area contributed by atoms with Crippen LogP contribution in [0.4, 0.5) is 0 Å². The molecule has 0 bridgehead atoms. The van der Waals surface area contributed by atoms with E-state index in [1.807, 2.05) is 0 Å². The summed E-state index contributed by atoms with van der Waals surface area (Å²) in [6.45, 7) is 9.01. The average molecular weight is 229 g/mol. The van der Waals surface area contributed by atoms with Crippen molar-refractivity contribution in [3.63, 3.8) is 0 Å². The lowest BCUT2D eigenvalue weighted by molar-refractivity contribution is 0.135. The number of hydrogen-bond donors (Lipinski definition) is 1. The second kappa shape index (κ2) is 8.97. The molecule has 16 heavy (non-hydrogen) atoms. The highest BCUT2D eigenvalue weighted by Gasteiger charge is 2.24. The van der Waals surface area contributed by atoms with Crippen LogP contribution < -0.4 is 5.32 Å². The lowest BCUT2D eigenvalue weighted by Crippen LogP contribution is -2.37. The molecule has 96 valence electrons. The van der Waals surface area contributed by atoms with Crippen LogP contribution in [0.5, 0.6) is 0 Å². The molecule has 1 fully saturated rings. The van der Waals surface area contributed by atoms with E-state index in [0.717, 1.165) is 39.4 Å². The van der Waals surface area contributed by atoms with Gasteiger partial charge in [-0.2, -0.15) is 0 Å². The zero-order valence-corrected chi connectivity index (χ0v) is 10.8. The SMILES string of the molecule is CCCNC(CCCOCC)C1CCOC1. The first-order valence-corrected chi connectivity index (χ1v) is 6.77. The number of ether oxygens (including phenoxy) is 2. The highest BCUT2D eigenvalue weighted by atomic mass is 16.5. The Balaban J connectivity index is 2.19. The summed E-state index contributed by atoms with van der Waals surface area (Å²) in [6.07, 6.45) is 4.80. The molecule has 0 saturated carbocycles. The molecule has 0 aliphatic carbocycles. The van der Waals surface area contributed by atoms with Gasteiger partial charge in [-0.05, 0) is 45.1 Å². The number of nitrogens with one attached hydrogen (secondary N) is 1. The van der Waals surface area contributed by atoms with Gasteiger partial charge in [-0.1, -0.05) is 6.92 Å². The predicted octanol–water partition coefficient (Wildman–Crippen LogP) is 2.21. The van der Waals surface area contributed by atoms with Crippen molar-refractivity contribution in [2.24, 2.45) is 5.92 Å². The Kier molecular flexibility index (Phi) is 7.81. The zero-order valence-electron chi connectivity index (χ0n) is 10.8. The monoisotopic (exact) mass is 229 g/mol. The molecule has 2 unspecified atom stereocenters. The third-order valence-electron chi connectivity index (χ3n) is 3.20. The molecule has 1 heterocycles. The van der Waals surface area contributed by atoms with Gasteiger partial charge in [0.1, 0.15) is 0 Å². The molecule has 3 nitrogen and oxygen atoms in total. The van der Waals surface area contributed by atoms with Gasteiger partial charge in [0.15, 0.2) is 0 Å². The van der Waals surface area contributed by atoms with E-state index in [9.17, 15) is 0 Å². The topological polar surface area (TPSA) is 30.5 Å². The van der Waals surface area contributed by atoms with Gasteiger partial charge >= 0.3 is 0 Å². The van der Waals surface area contributed by atoms with E-state index in [4.69, 9.17) is 9.47 Å². The highest BCUT2D eigenvalue weighted by Crippen LogP contribution is 2.20. The van der Waals surface area contributed by atoms with Gasteiger partial charge in [0.2, 0.25) is 0 Å². The first kappa shape index (κ1) is 13.9. The molecule has 1 aliphatic rings. The molecule has 1 rings (SSSR count). The first-order chi connectivity index (χ1) is 7.88. The maximum atomic E-state index is 5.47. The Morgan fingerprint density at radius 3 is 2.94 bits per heavy atom. The summed E-state index contributed by atoms with van der Waals surface area (Å²) in [5.74, 6) is 0.716. The predicted molar refractivity (Wildman–Crippen MR) is 66.7 cm³/mol. The summed E-state index contributed by atoms with van der Waals surface area (Å²) < 4.78 is 10.9. The Morgan fingerprint density at radius 1 is 1.44 bits per heavy atom. The van der Waals surface area contributed by atoms with Crippen LogP contribution in [0, 0.1) is 5.92 Å². The second-order valence-electron chi connectivity index (χ2n) is 4.52. The van der Waals surface area contributed by atoms with Crippen molar-refractivity contribution in [1.82, 2.24) is 5.32 Å². The molecular formula is C13H27NO2. The smallest absolute Gasteiger partial charge is 0.0510 e. The van der Waals surface area contributed by atoms with Crippen LogP contribution in [0.3, 0.4) is 0 Å². The summed E-state index contributed by atoms with van der Waals surface area (Å²) in [5, 5.41) is 3.65. The Morgan fingerprint density at radius 2 is 2.31 bits per heavy atom. The van der Waals surface area contributed by atoms with Crippen molar-refractivity contribution < 1.29 is 9.47 Å². The van der Waals surface area contributed by atoms with Crippen molar-refractivity contribution in [3.8, 4) is 0 Å². The van der Waals surface area contributed by atoms with Crippen LogP contribution in [0.15, 0.2) is 0 Å². The summed E-state index contributed by atoms with van der Waals surface area (Å²) in [4.78, 5) is 0. The van der Waals surface area contributed by atoms with E-state index >= 15 is 0 Å². The summed E-state index contributed by atoms with van der Waals surface area (Å²) >= 11 is 0. The van der Waals surface area contributed by atoms with Crippen LogP contribution in [-0.2, 0) is 9.47 Å². The van der Waals surface area contributed by atoms with Gasteiger partial charge in [-0.25, -0.2) is 0 Å². The fourth-order valence-electron chi connectivity index (χ4n) is 2.25. The van der Waals surface area contributed by atoms with E-state index < -0.39 is 0 Å².